The lowest BCUT2D eigenvalue weighted by Crippen LogP contribution is -2.63. The molecular formula is C48H57FN8O7S. The zero-order valence-corrected chi connectivity index (χ0v) is 37.9. The van der Waals surface area contributed by atoms with Crippen molar-refractivity contribution in [3.05, 3.63) is 106 Å². The van der Waals surface area contributed by atoms with Crippen molar-refractivity contribution >= 4 is 44.2 Å². The van der Waals surface area contributed by atoms with E-state index in [0.29, 0.717) is 48.3 Å². The van der Waals surface area contributed by atoms with Gasteiger partial charge in [-0.05, 0) is 117 Å². The average Bonchev–Trinajstić information content (AvgIpc) is 3.95. The number of nitrogens with one attached hydrogen (secondary N) is 3. The number of hydrogen-bond acceptors (Lipinski definition) is 12. The maximum atomic E-state index is 15.4. The molecule has 2 saturated heterocycles. The van der Waals surface area contributed by atoms with Crippen LogP contribution in [-0.2, 0) is 10.0 Å². The molecule has 15 nitrogen and oxygen atoms in total. The SMILES string of the molecule is CC(C)c1ccccc1[C@H]1CCC[C@H]1N1CC2(CCN(c3ccc(C(=O)NS(=O)(=O)c4cnc(NC[C@H]5CC[C@](C)(O)CC5)c([N+](=O)[O-])c4)c(Oc4cc5cc[nH]c5nc4F)c3)CC2)C1. The van der Waals surface area contributed by atoms with E-state index >= 15 is 4.39 Å². The fourth-order valence-corrected chi connectivity index (χ4v) is 11.6. The number of benzene rings is 2. The van der Waals surface area contributed by atoms with E-state index in [1.807, 2.05) is 4.72 Å². The van der Waals surface area contributed by atoms with Crippen molar-refractivity contribution in [2.75, 3.05) is 42.9 Å². The number of nitrogens with zero attached hydrogens (tertiary/aromatic N) is 5. The zero-order valence-electron chi connectivity index (χ0n) is 37.1. The number of anilines is 2. The molecule has 0 bridgehead atoms. The molecule has 344 valence electrons. The largest absolute Gasteiger partial charge is 0.452 e. The molecule has 4 N–H and O–H groups in total. The first-order valence-electron chi connectivity index (χ1n) is 22.8. The van der Waals surface area contributed by atoms with Gasteiger partial charge in [0.25, 0.3) is 21.9 Å². The second-order valence-electron chi connectivity index (χ2n) is 19.3. The van der Waals surface area contributed by atoms with Crippen LogP contribution in [0.5, 0.6) is 11.5 Å². The van der Waals surface area contributed by atoms with Crippen LogP contribution in [0.4, 0.5) is 21.6 Å². The summed E-state index contributed by atoms with van der Waals surface area (Å²) in [5.41, 5.74) is 2.69. The van der Waals surface area contributed by atoms with E-state index in [4.69, 9.17) is 4.74 Å². The summed E-state index contributed by atoms with van der Waals surface area (Å²) >= 11 is 0. The van der Waals surface area contributed by atoms with Gasteiger partial charge in [-0.1, -0.05) is 44.5 Å². The molecule has 2 atom stereocenters. The van der Waals surface area contributed by atoms with Crippen LogP contribution >= 0.6 is 0 Å². The molecule has 4 fully saturated rings. The third-order valence-corrected chi connectivity index (χ3v) is 15.7. The summed E-state index contributed by atoms with van der Waals surface area (Å²) in [6.45, 7) is 10.3. The zero-order chi connectivity index (χ0) is 45.7. The van der Waals surface area contributed by atoms with Gasteiger partial charge in [-0.3, -0.25) is 19.8 Å². The van der Waals surface area contributed by atoms with Crippen LogP contribution in [0, 0.1) is 27.4 Å². The van der Waals surface area contributed by atoms with Gasteiger partial charge < -0.3 is 25.0 Å². The molecule has 1 spiro atoms. The number of H-pyrrole nitrogens is 1. The monoisotopic (exact) mass is 908 g/mol. The molecular weight excluding hydrogens is 852 g/mol. The number of likely N-dealkylation sites (tertiary alicyclic amines) is 1. The van der Waals surface area contributed by atoms with Gasteiger partial charge in [0.15, 0.2) is 5.75 Å². The lowest BCUT2D eigenvalue weighted by molar-refractivity contribution is -0.384. The number of amides is 1. The van der Waals surface area contributed by atoms with Crippen molar-refractivity contribution in [3.8, 4) is 11.5 Å². The maximum Gasteiger partial charge on any atom is 0.312 e. The minimum absolute atomic E-state index is 0.0947. The molecule has 2 aliphatic heterocycles. The highest BCUT2D eigenvalue weighted by Gasteiger charge is 2.49. The molecule has 2 aliphatic carbocycles. The minimum atomic E-state index is -4.71. The van der Waals surface area contributed by atoms with Crippen molar-refractivity contribution in [2.45, 2.75) is 107 Å². The molecule has 17 heteroatoms. The molecule has 3 aromatic heterocycles. The number of aliphatic hydroxyl groups is 1. The van der Waals surface area contributed by atoms with Gasteiger partial charge in [0.1, 0.15) is 16.3 Å². The summed E-state index contributed by atoms with van der Waals surface area (Å²) in [6, 6.07) is 18.3. The molecule has 2 saturated carbocycles. The predicted molar refractivity (Wildman–Crippen MR) is 246 cm³/mol. The maximum absolute atomic E-state index is 15.4. The molecule has 4 aliphatic rings. The first-order valence-corrected chi connectivity index (χ1v) is 24.3. The summed E-state index contributed by atoms with van der Waals surface area (Å²) in [4.78, 5) is 40.5. The van der Waals surface area contributed by atoms with Gasteiger partial charge in [0.2, 0.25) is 5.82 Å². The van der Waals surface area contributed by atoms with E-state index in [1.54, 1.807) is 31.3 Å². The van der Waals surface area contributed by atoms with E-state index < -0.39 is 43.0 Å². The Bertz CT molecular complexity index is 2700. The Morgan fingerprint density at radius 3 is 2.52 bits per heavy atom. The summed E-state index contributed by atoms with van der Waals surface area (Å²) in [7, 11) is -4.71. The molecule has 5 aromatic rings. The topological polar surface area (TPSA) is 196 Å². The number of fused-ring (bicyclic) bond motifs is 1. The van der Waals surface area contributed by atoms with Crippen LogP contribution in [0.25, 0.3) is 11.0 Å². The highest BCUT2D eigenvalue weighted by atomic mass is 32.2. The summed E-state index contributed by atoms with van der Waals surface area (Å²) in [5, 5.41) is 25.9. The number of rotatable bonds is 13. The Balaban J connectivity index is 0.908. The number of hydrogen-bond donors (Lipinski definition) is 4. The summed E-state index contributed by atoms with van der Waals surface area (Å²) in [5.74, 6) is -1.32. The number of nitro groups is 1. The van der Waals surface area contributed by atoms with Crippen molar-refractivity contribution in [1.29, 1.82) is 0 Å². The molecule has 9 rings (SSSR count). The first-order chi connectivity index (χ1) is 31.1. The van der Waals surface area contributed by atoms with Gasteiger partial charge in [-0.25, -0.2) is 18.1 Å². The summed E-state index contributed by atoms with van der Waals surface area (Å²) < 4.78 is 50.9. The Morgan fingerprint density at radius 2 is 1.78 bits per heavy atom. The van der Waals surface area contributed by atoms with Crippen molar-refractivity contribution in [3.63, 3.8) is 0 Å². The number of aromatic amines is 1. The minimum Gasteiger partial charge on any atom is -0.452 e. The van der Waals surface area contributed by atoms with Crippen LogP contribution in [0.2, 0.25) is 0 Å². The number of pyridine rings is 2. The second-order valence-corrected chi connectivity index (χ2v) is 21.0. The fraction of sp³-hybridized carbons (Fsp3) is 0.479. The molecule has 5 heterocycles. The standard InChI is InChI=1S/C48H57FN8O7S/c1-30(2)35-7-4-5-8-36(35)37-9-6-10-39(37)56-28-48(29-56)18-21-55(22-19-48)33-11-12-38(41(24-33)64-42-23-32-15-20-50-44(32)53-43(42)49)46(58)54-65(62,63)34-25-40(57(60)61)45(52-27-34)51-26-31-13-16-47(3,59)17-14-31/h4-5,7-8,11-12,15,20,23-25,27,30-31,37,39,59H,6,9-10,13-14,16-19,21-22,26,28-29H2,1-3H3,(H,50,53)(H,51,52)(H,54,58)/t31-,37-,39-,47-/m1/s1. The van der Waals surface area contributed by atoms with Crippen LogP contribution in [-0.4, -0.2) is 88.6 Å². The Morgan fingerprint density at radius 1 is 1.03 bits per heavy atom. The number of piperidine rings is 1. The molecule has 2 aromatic carbocycles. The van der Waals surface area contributed by atoms with Crippen LogP contribution < -0.4 is 19.7 Å². The lowest BCUT2D eigenvalue weighted by Gasteiger charge is -2.57. The normalized spacial score (nSPS) is 23.4. The number of aromatic nitrogens is 3. The van der Waals surface area contributed by atoms with Crippen molar-refractivity contribution in [2.24, 2.45) is 11.3 Å². The number of halogens is 1. The molecule has 0 radical (unpaired) electrons. The Kier molecular flexibility index (Phi) is 12.1. The van der Waals surface area contributed by atoms with Crippen molar-refractivity contribution in [1.82, 2.24) is 24.6 Å². The molecule has 65 heavy (non-hydrogen) atoms. The highest BCUT2D eigenvalue weighted by Crippen LogP contribution is 2.49. The van der Waals surface area contributed by atoms with E-state index in [0.717, 1.165) is 69.8 Å². The van der Waals surface area contributed by atoms with Gasteiger partial charge in [0.05, 0.1) is 22.3 Å². The smallest absolute Gasteiger partial charge is 0.312 e. The van der Waals surface area contributed by atoms with E-state index in [9.17, 15) is 28.4 Å². The Labute approximate surface area is 378 Å². The molecule has 1 amide bonds. The second kappa shape index (κ2) is 17.6. The van der Waals surface area contributed by atoms with Gasteiger partial charge in [-0.2, -0.15) is 9.37 Å². The van der Waals surface area contributed by atoms with E-state index in [-0.39, 0.29) is 34.2 Å². The summed E-state index contributed by atoms with van der Waals surface area (Å²) in [6.07, 6.45) is 10.8. The van der Waals surface area contributed by atoms with E-state index in [1.165, 1.54) is 42.5 Å². The number of carbonyl (C=O) groups is 1. The lowest BCUT2D eigenvalue weighted by atomic mass is 9.70. The molecule has 0 unspecified atom stereocenters. The third-order valence-electron chi connectivity index (χ3n) is 14.4. The fourth-order valence-electron chi connectivity index (χ4n) is 10.7. The third kappa shape index (κ3) is 9.27. The van der Waals surface area contributed by atoms with Gasteiger partial charge in [-0.15, -0.1) is 0 Å². The van der Waals surface area contributed by atoms with Gasteiger partial charge in [0, 0.05) is 68.2 Å². The van der Waals surface area contributed by atoms with E-state index in [2.05, 4.69) is 68.2 Å². The average molecular weight is 909 g/mol. The van der Waals surface area contributed by atoms with Gasteiger partial charge >= 0.3 is 5.69 Å². The van der Waals surface area contributed by atoms with Crippen LogP contribution in [0.1, 0.15) is 112 Å². The number of sulfonamides is 1. The number of ether oxygens (including phenoxy) is 1. The Hall–Kier alpha value is -5.65. The van der Waals surface area contributed by atoms with Crippen molar-refractivity contribution < 1.29 is 32.4 Å². The predicted octanol–water partition coefficient (Wildman–Crippen LogP) is 8.63. The quantitative estimate of drug-likeness (QED) is 0.0500. The first kappa shape index (κ1) is 44.5. The van der Waals surface area contributed by atoms with Crippen LogP contribution in [0.15, 0.2) is 78.0 Å². The highest BCUT2D eigenvalue weighted by molar-refractivity contribution is 7.90. The van der Waals surface area contributed by atoms with Crippen LogP contribution in [0.3, 0.4) is 0 Å². The number of carbonyl (C=O) groups excluding carboxylic acids is 1.